The number of rotatable bonds is 3. The maximum atomic E-state index is 9.32. The molecule has 5 aromatic rings. The highest BCUT2D eigenvalue weighted by atomic mass is 16.3. The number of oxazole rings is 1. The Morgan fingerprint density at radius 2 is 1.85 bits per heavy atom. The van der Waals surface area contributed by atoms with Gasteiger partial charge in [0.25, 0.3) is 0 Å². The van der Waals surface area contributed by atoms with Crippen molar-refractivity contribution in [2.24, 2.45) is 0 Å². The number of aromatic nitrogens is 2. The normalized spacial score (nSPS) is 11.1. The quantitative estimate of drug-likeness (QED) is 0.440. The molecular formula is C23H15N3O. The van der Waals surface area contributed by atoms with E-state index >= 15 is 0 Å². The van der Waals surface area contributed by atoms with Crippen molar-refractivity contribution < 1.29 is 4.42 Å². The molecule has 0 bridgehead atoms. The summed E-state index contributed by atoms with van der Waals surface area (Å²) in [5, 5.41) is 12.8. The van der Waals surface area contributed by atoms with Crippen molar-refractivity contribution in [2.75, 3.05) is 0 Å². The van der Waals surface area contributed by atoms with Gasteiger partial charge in [-0.25, -0.2) is 4.98 Å². The Labute approximate surface area is 155 Å². The molecule has 0 fully saturated rings. The highest BCUT2D eigenvalue weighted by Crippen LogP contribution is 2.30. The van der Waals surface area contributed by atoms with Gasteiger partial charge in [0.1, 0.15) is 12.0 Å². The van der Waals surface area contributed by atoms with E-state index in [1.165, 1.54) is 16.3 Å². The predicted molar refractivity (Wildman–Crippen MR) is 105 cm³/mol. The zero-order chi connectivity index (χ0) is 18.2. The van der Waals surface area contributed by atoms with Crippen LogP contribution in [0, 0.1) is 11.3 Å². The average Bonchev–Trinajstić information content (AvgIpc) is 3.36. The van der Waals surface area contributed by atoms with Gasteiger partial charge in [0.05, 0.1) is 23.3 Å². The lowest BCUT2D eigenvalue weighted by Crippen LogP contribution is -2.02. The highest BCUT2D eigenvalue weighted by Gasteiger charge is 2.15. The van der Waals surface area contributed by atoms with Gasteiger partial charge in [-0.1, -0.05) is 48.5 Å². The summed E-state index contributed by atoms with van der Waals surface area (Å²) in [4.78, 5) is 4.34. The summed E-state index contributed by atoms with van der Waals surface area (Å²) in [7, 11) is 0. The van der Waals surface area contributed by atoms with Crippen molar-refractivity contribution in [2.45, 2.75) is 6.54 Å². The molecule has 0 amide bonds. The molecule has 4 nitrogen and oxygen atoms in total. The van der Waals surface area contributed by atoms with E-state index in [4.69, 9.17) is 4.42 Å². The molecule has 2 aromatic heterocycles. The maximum absolute atomic E-state index is 9.32. The van der Waals surface area contributed by atoms with Crippen LogP contribution in [0.5, 0.6) is 0 Å². The highest BCUT2D eigenvalue weighted by molar-refractivity contribution is 5.88. The van der Waals surface area contributed by atoms with Gasteiger partial charge in [0.2, 0.25) is 5.89 Å². The van der Waals surface area contributed by atoms with E-state index < -0.39 is 0 Å². The zero-order valence-corrected chi connectivity index (χ0v) is 14.5. The zero-order valence-electron chi connectivity index (χ0n) is 14.5. The fraction of sp³-hybridized carbons (Fsp3) is 0.0435. The van der Waals surface area contributed by atoms with E-state index in [9.17, 15) is 5.26 Å². The Bertz CT molecular complexity index is 1300. The van der Waals surface area contributed by atoms with Crippen LogP contribution in [0.1, 0.15) is 11.1 Å². The Hall–Kier alpha value is -3.84. The van der Waals surface area contributed by atoms with Crippen LogP contribution in [0.3, 0.4) is 0 Å². The van der Waals surface area contributed by atoms with Gasteiger partial charge >= 0.3 is 0 Å². The minimum atomic E-state index is 0.574. The molecule has 2 heterocycles. The molecule has 0 N–H and O–H groups in total. The molecule has 3 aromatic carbocycles. The monoisotopic (exact) mass is 349 g/mol. The second kappa shape index (κ2) is 6.15. The van der Waals surface area contributed by atoms with Crippen LogP contribution < -0.4 is 0 Å². The third-order valence-electron chi connectivity index (χ3n) is 4.89. The number of nitriles is 1. The molecule has 0 atom stereocenters. The molecule has 5 rings (SSSR count). The third kappa shape index (κ3) is 2.57. The van der Waals surface area contributed by atoms with Crippen molar-refractivity contribution >= 4 is 21.7 Å². The van der Waals surface area contributed by atoms with Crippen molar-refractivity contribution in [1.82, 2.24) is 9.55 Å². The van der Waals surface area contributed by atoms with Crippen molar-refractivity contribution in [3.05, 3.63) is 90.3 Å². The summed E-state index contributed by atoms with van der Waals surface area (Å²) in [6.45, 7) is 0.664. The van der Waals surface area contributed by atoms with Gasteiger partial charge in [-0.3, -0.25) is 0 Å². The second-order valence-corrected chi connectivity index (χ2v) is 6.48. The van der Waals surface area contributed by atoms with Crippen LogP contribution in [0.25, 0.3) is 33.3 Å². The first kappa shape index (κ1) is 15.4. The molecule has 4 heteroatoms. The summed E-state index contributed by atoms with van der Waals surface area (Å²) in [6.07, 6.45) is 3.23. The van der Waals surface area contributed by atoms with Crippen LogP contribution in [-0.4, -0.2) is 9.55 Å². The third-order valence-corrected chi connectivity index (χ3v) is 4.89. The van der Waals surface area contributed by atoms with Crippen molar-refractivity contribution in [1.29, 1.82) is 5.26 Å². The van der Waals surface area contributed by atoms with E-state index in [2.05, 4.69) is 64.2 Å². The Balaban J connectivity index is 1.75. The molecule has 128 valence electrons. The molecule has 0 radical (unpaired) electrons. The SMILES string of the molecule is N#Cc1ccc2cc(-c3ncco3)n(Cc3cccc4ccccc34)c2c1. The maximum Gasteiger partial charge on any atom is 0.243 e. The number of nitrogens with zero attached hydrogens (tertiary/aromatic N) is 3. The van der Waals surface area contributed by atoms with E-state index in [1.54, 1.807) is 12.5 Å². The summed E-state index contributed by atoms with van der Waals surface area (Å²) in [6, 6.07) is 24.7. The molecule has 0 saturated carbocycles. The van der Waals surface area contributed by atoms with Crippen LogP contribution in [-0.2, 0) is 6.54 Å². The Morgan fingerprint density at radius 3 is 2.70 bits per heavy atom. The van der Waals surface area contributed by atoms with Crippen LogP contribution in [0.4, 0.5) is 0 Å². The lowest BCUT2D eigenvalue weighted by molar-refractivity contribution is 0.567. The first-order valence-corrected chi connectivity index (χ1v) is 8.73. The minimum absolute atomic E-state index is 0.574. The Kier molecular flexibility index (Phi) is 3.51. The second-order valence-electron chi connectivity index (χ2n) is 6.48. The summed E-state index contributed by atoms with van der Waals surface area (Å²) >= 11 is 0. The molecule has 0 saturated heterocycles. The first-order chi connectivity index (χ1) is 13.3. The summed E-state index contributed by atoms with van der Waals surface area (Å²) < 4.78 is 7.74. The minimum Gasteiger partial charge on any atom is -0.443 e. The average molecular weight is 349 g/mol. The van der Waals surface area contributed by atoms with E-state index in [1.807, 2.05) is 18.2 Å². The van der Waals surface area contributed by atoms with Gasteiger partial charge in [-0.15, -0.1) is 0 Å². The smallest absolute Gasteiger partial charge is 0.243 e. The van der Waals surface area contributed by atoms with Gasteiger partial charge in [0, 0.05) is 11.9 Å². The molecule has 0 aliphatic rings. The number of benzene rings is 3. The van der Waals surface area contributed by atoms with E-state index in [0.29, 0.717) is 18.0 Å². The van der Waals surface area contributed by atoms with Crippen LogP contribution in [0.2, 0.25) is 0 Å². The van der Waals surface area contributed by atoms with Gasteiger partial charge in [-0.2, -0.15) is 5.26 Å². The van der Waals surface area contributed by atoms with E-state index in [-0.39, 0.29) is 0 Å². The molecule has 0 aliphatic heterocycles. The van der Waals surface area contributed by atoms with Crippen molar-refractivity contribution in [3.8, 4) is 17.7 Å². The molecular weight excluding hydrogens is 334 g/mol. The van der Waals surface area contributed by atoms with Gasteiger partial charge in [-0.05, 0) is 34.5 Å². The number of hydrogen-bond acceptors (Lipinski definition) is 3. The molecule has 0 aliphatic carbocycles. The van der Waals surface area contributed by atoms with Gasteiger partial charge in [0.15, 0.2) is 0 Å². The van der Waals surface area contributed by atoms with E-state index in [0.717, 1.165) is 16.6 Å². The lowest BCUT2D eigenvalue weighted by Gasteiger charge is -2.12. The lowest BCUT2D eigenvalue weighted by atomic mass is 10.0. The fourth-order valence-corrected chi connectivity index (χ4v) is 3.62. The summed E-state index contributed by atoms with van der Waals surface area (Å²) in [5.74, 6) is 0.574. The first-order valence-electron chi connectivity index (χ1n) is 8.73. The summed E-state index contributed by atoms with van der Waals surface area (Å²) in [5.41, 5.74) is 3.74. The fourth-order valence-electron chi connectivity index (χ4n) is 3.62. The number of fused-ring (bicyclic) bond motifs is 2. The predicted octanol–water partition coefficient (Wildman–Crippen LogP) is 5.37. The molecule has 0 spiro atoms. The van der Waals surface area contributed by atoms with Gasteiger partial charge < -0.3 is 8.98 Å². The number of hydrogen-bond donors (Lipinski definition) is 0. The van der Waals surface area contributed by atoms with Crippen LogP contribution >= 0.6 is 0 Å². The standard InChI is InChI=1S/C23H15N3O/c24-14-16-8-9-18-13-22(23-25-10-11-27-23)26(21(18)12-16)15-19-6-3-5-17-4-1-2-7-20(17)19/h1-13H,15H2. The topological polar surface area (TPSA) is 54.8 Å². The molecule has 0 unspecified atom stereocenters. The Morgan fingerprint density at radius 1 is 0.963 bits per heavy atom. The molecule has 27 heavy (non-hydrogen) atoms. The van der Waals surface area contributed by atoms with Crippen LogP contribution in [0.15, 0.2) is 83.6 Å². The van der Waals surface area contributed by atoms with Crippen molar-refractivity contribution in [3.63, 3.8) is 0 Å². The largest absolute Gasteiger partial charge is 0.443 e.